The van der Waals surface area contributed by atoms with Gasteiger partial charge in [0.2, 0.25) is 0 Å². The van der Waals surface area contributed by atoms with E-state index in [1.807, 2.05) is 113 Å². The van der Waals surface area contributed by atoms with Crippen molar-refractivity contribution < 1.29 is 22.1 Å². The number of benzene rings is 20. The summed E-state index contributed by atoms with van der Waals surface area (Å²) in [7, 11) is 0. The van der Waals surface area contributed by atoms with Crippen molar-refractivity contribution in [1.29, 1.82) is 0 Å². The van der Waals surface area contributed by atoms with Crippen molar-refractivity contribution in [3.63, 3.8) is 0 Å². The lowest BCUT2D eigenvalue weighted by Gasteiger charge is -2.05. The van der Waals surface area contributed by atoms with Gasteiger partial charge < -0.3 is 22.1 Å². The molecule has 5 nitrogen and oxygen atoms in total. The molecule has 0 N–H and O–H groups in total. The summed E-state index contributed by atoms with van der Waals surface area (Å²) in [5.41, 5.74) is 29.8. The number of para-hydroxylation sites is 6. The molecule has 0 radical (unpaired) electrons. The minimum absolute atomic E-state index is 0.946. The average Bonchev–Trinajstić information content (AvgIpc) is 1.54. The number of fused-ring (bicyclic) bond motifs is 24. The van der Waals surface area contributed by atoms with E-state index in [1.54, 1.807) is 0 Å². The molecule has 0 aliphatic rings. The fourth-order valence-electron chi connectivity index (χ4n) is 18.4. The summed E-state index contributed by atoms with van der Waals surface area (Å²) in [5.74, 6) is 0. The van der Waals surface area contributed by atoms with Crippen molar-refractivity contribution in [2.75, 3.05) is 0 Å². The minimum atomic E-state index is 0.946. The van der Waals surface area contributed by atoms with Crippen LogP contribution in [0.1, 0.15) is 44.5 Å². The van der Waals surface area contributed by atoms with Gasteiger partial charge in [0.1, 0.15) is 55.8 Å². The fourth-order valence-corrected chi connectivity index (χ4v) is 21.7. The molecular weight excluding hydrogens is 1710 g/mol. The van der Waals surface area contributed by atoms with Gasteiger partial charge in [0.25, 0.3) is 0 Å². The predicted molar refractivity (Wildman–Crippen MR) is 586 cm³/mol. The maximum atomic E-state index is 6.07. The second kappa shape index (κ2) is 38.3. The molecule has 0 aliphatic carbocycles. The second-order valence-electron chi connectivity index (χ2n) is 34.9. The van der Waals surface area contributed by atoms with E-state index >= 15 is 0 Å². The Hall–Kier alpha value is -15.9. The van der Waals surface area contributed by atoms with E-state index in [9.17, 15) is 0 Å². The molecule has 28 rings (SSSR count). The lowest BCUT2D eigenvalue weighted by atomic mass is 9.99. The molecule has 0 saturated carbocycles. The predicted octanol–water partition coefficient (Wildman–Crippen LogP) is 39.2. The highest BCUT2D eigenvalue weighted by Crippen LogP contribution is 2.43. The zero-order valence-corrected chi connectivity index (χ0v) is 79.3. The van der Waals surface area contributed by atoms with Crippen LogP contribution in [-0.4, -0.2) is 0 Å². The molecule has 656 valence electrons. The smallest absolute Gasteiger partial charge is 0.143 e. The maximum Gasteiger partial charge on any atom is 0.143 e. The third kappa shape index (κ3) is 18.0. The van der Waals surface area contributed by atoms with Crippen molar-refractivity contribution >= 4 is 204 Å². The molecule has 8 heteroatoms. The van der Waals surface area contributed by atoms with Gasteiger partial charge in [-0.05, 0) is 226 Å². The first-order chi connectivity index (χ1) is 66.7. The minimum Gasteiger partial charge on any atom is -0.456 e. The number of aryl methyl sites for hydroxylation is 8. The molecule has 0 amide bonds. The van der Waals surface area contributed by atoms with Gasteiger partial charge in [-0.2, -0.15) is 0 Å². The third-order valence-electron chi connectivity index (χ3n) is 25.4. The normalized spacial score (nSPS) is 11.2. The summed E-state index contributed by atoms with van der Waals surface area (Å²) >= 11 is 5.63. The van der Waals surface area contributed by atoms with Crippen LogP contribution in [0.4, 0.5) is 0 Å². The van der Waals surface area contributed by atoms with E-state index in [-0.39, 0.29) is 0 Å². The summed E-state index contributed by atoms with van der Waals surface area (Å²) in [4.78, 5) is 0. The number of thiophene rings is 3. The Morgan fingerprint density at radius 3 is 1.01 bits per heavy atom. The van der Waals surface area contributed by atoms with Gasteiger partial charge in [0.05, 0.1) is 0 Å². The maximum absolute atomic E-state index is 6.07. The number of furan rings is 5. The van der Waals surface area contributed by atoms with E-state index in [4.69, 9.17) is 22.1 Å². The van der Waals surface area contributed by atoms with Gasteiger partial charge in [-0.3, -0.25) is 0 Å². The topological polar surface area (TPSA) is 65.7 Å². The van der Waals surface area contributed by atoms with Crippen LogP contribution >= 0.6 is 34.0 Å². The molecular formula is C128H96O5S3. The van der Waals surface area contributed by atoms with Crippen LogP contribution in [0.5, 0.6) is 0 Å². The van der Waals surface area contributed by atoms with Crippen LogP contribution in [0.3, 0.4) is 0 Å². The van der Waals surface area contributed by atoms with Gasteiger partial charge in [-0.1, -0.05) is 349 Å². The van der Waals surface area contributed by atoms with E-state index in [1.165, 1.54) is 198 Å². The molecule has 0 unspecified atom stereocenters. The lowest BCUT2D eigenvalue weighted by Crippen LogP contribution is -1.81. The summed E-state index contributed by atoms with van der Waals surface area (Å²) in [6.07, 6.45) is 0. The summed E-state index contributed by atoms with van der Waals surface area (Å²) < 4.78 is 37.8. The molecule has 0 spiro atoms. The Balaban J connectivity index is 0.0000000934. The van der Waals surface area contributed by atoms with Crippen LogP contribution in [0.15, 0.2) is 459 Å². The summed E-state index contributed by atoms with van der Waals surface area (Å²) in [6.45, 7) is 17.1. The van der Waals surface area contributed by atoms with Crippen LogP contribution in [0.2, 0.25) is 0 Å². The lowest BCUT2D eigenvalue weighted by molar-refractivity contribution is 0.668. The van der Waals surface area contributed by atoms with Crippen LogP contribution in [0.25, 0.3) is 215 Å². The van der Waals surface area contributed by atoms with E-state index in [0.29, 0.717) is 0 Å². The van der Waals surface area contributed by atoms with Crippen molar-refractivity contribution in [3.8, 4) is 44.5 Å². The first-order valence-corrected chi connectivity index (χ1v) is 48.5. The van der Waals surface area contributed by atoms with E-state index in [0.717, 1.165) is 61.4 Å². The van der Waals surface area contributed by atoms with Crippen molar-refractivity contribution in [2.24, 2.45) is 0 Å². The SMILES string of the molecule is Cc1ccc(-c2ccc3oc4ccccc4c3c2)cc1.Cc1ccc(-c2cccc3c2oc2ccccc23)cc1.Cc1ccc2sc3ccccc3c2c1.Cc1ccc2sc3ccccc3c2c1.Cc1cccc(-c2ccc3oc4ccccc4c3c2)c1.Cc1cccc2c1sc1ccccc12.Cc1cccc2oc3ccccc3c12.Cc1ccccc1-c1ccc2oc3ccccc3c2c1. The molecule has 0 bridgehead atoms. The third-order valence-corrected chi connectivity index (χ3v) is 29.0. The standard InChI is InChI=1S/4C19H14O.C13H10O.3C13H10S/c1-13-5-4-6-14(11-13)15-9-10-19-17(12-15)16-7-2-3-8-18(16)20-19;1-13-6-2-3-7-15(13)14-10-11-19-17(12-14)16-8-4-5-9-18(16)20-19;1-13-9-11-14(12-10-13)15-6-4-7-17-16-5-2-3-8-18(16)20-19(15)17;1-13-6-8-14(9-7-13)15-10-11-19-17(12-15)16-4-2-3-5-18(16)20-19;1-9-5-4-8-12-13(9)10-6-2-3-7-11(10)14-12;1-9-5-4-7-11-10-6-2-3-8-12(10)14-13(9)11;2*1-9-6-7-13-11(8-9)10-4-2-3-5-12(10)14-13/h4*2-12H,1H3;4*2-8H,1H3. The first-order valence-electron chi connectivity index (χ1n) is 46.1. The quantitative estimate of drug-likeness (QED) is 0.176. The second-order valence-corrected chi connectivity index (χ2v) is 38.1. The molecule has 0 fully saturated rings. The highest BCUT2D eigenvalue weighted by atomic mass is 32.1. The summed E-state index contributed by atoms with van der Waals surface area (Å²) in [6, 6.07) is 153. The number of hydrogen-bond acceptors (Lipinski definition) is 8. The van der Waals surface area contributed by atoms with Gasteiger partial charge in [-0.25, -0.2) is 0 Å². The number of rotatable bonds is 4. The van der Waals surface area contributed by atoms with Gasteiger partial charge in [0, 0.05) is 120 Å². The van der Waals surface area contributed by atoms with Gasteiger partial charge >= 0.3 is 0 Å². The van der Waals surface area contributed by atoms with Crippen LogP contribution in [-0.2, 0) is 0 Å². The molecule has 28 aromatic rings. The molecule has 136 heavy (non-hydrogen) atoms. The monoisotopic (exact) mass is 1810 g/mol. The largest absolute Gasteiger partial charge is 0.456 e. The van der Waals surface area contributed by atoms with Crippen molar-refractivity contribution in [2.45, 2.75) is 55.4 Å². The molecule has 8 aromatic heterocycles. The van der Waals surface area contributed by atoms with Crippen LogP contribution < -0.4 is 0 Å². The molecule has 20 aromatic carbocycles. The highest BCUT2D eigenvalue weighted by molar-refractivity contribution is 7.26. The van der Waals surface area contributed by atoms with Crippen molar-refractivity contribution in [3.05, 3.63) is 481 Å². The molecule has 0 aliphatic heterocycles. The Morgan fingerprint density at radius 2 is 0.478 bits per heavy atom. The zero-order chi connectivity index (χ0) is 92.3. The Bertz CT molecular complexity index is 9090. The number of hydrogen-bond donors (Lipinski definition) is 0. The van der Waals surface area contributed by atoms with E-state index in [2.05, 4.69) is 413 Å². The van der Waals surface area contributed by atoms with Crippen LogP contribution in [0, 0.1) is 55.4 Å². The fraction of sp³-hybridized carbons (Fsp3) is 0.0625. The zero-order valence-electron chi connectivity index (χ0n) is 76.8. The Labute approximate surface area is 801 Å². The van der Waals surface area contributed by atoms with Crippen molar-refractivity contribution in [1.82, 2.24) is 0 Å². The first kappa shape index (κ1) is 86.8. The van der Waals surface area contributed by atoms with Gasteiger partial charge in [-0.15, -0.1) is 34.0 Å². The Kier molecular flexibility index (Phi) is 24.5. The molecule has 8 heterocycles. The summed E-state index contributed by atoms with van der Waals surface area (Å²) in [5, 5.41) is 20.2. The van der Waals surface area contributed by atoms with E-state index < -0.39 is 0 Å². The Morgan fingerprint density at radius 1 is 0.154 bits per heavy atom. The van der Waals surface area contributed by atoms with Gasteiger partial charge in [0.15, 0.2) is 0 Å². The molecule has 0 saturated heterocycles. The average molecular weight is 1810 g/mol. The highest BCUT2D eigenvalue weighted by Gasteiger charge is 2.17. The molecule has 0 atom stereocenters.